The molecule has 0 spiro atoms. The molecule has 4 nitrogen and oxygen atoms in total. The molecule has 1 heterocycles. The van der Waals surface area contributed by atoms with Gasteiger partial charge in [-0.05, 0) is 64.5 Å². The van der Waals surface area contributed by atoms with Gasteiger partial charge < -0.3 is 9.64 Å². The zero-order chi connectivity index (χ0) is 26.8. The number of hydrogen-bond acceptors (Lipinski definition) is 4. The Morgan fingerprint density at radius 2 is 1.53 bits per heavy atom. The van der Waals surface area contributed by atoms with Crippen LogP contribution in [0.15, 0.2) is 77.8 Å². The maximum Gasteiger partial charge on any atom is 0.337 e. The molecule has 0 unspecified atom stereocenters. The third-order valence-corrected chi connectivity index (χ3v) is 8.61. The fraction of sp³-hybridized carbons (Fsp3) is 0.294. The van der Waals surface area contributed by atoms with Crippen molar-refractivity contribution in [1.82, 2.24) is 0 Å². The fourth-order valence-corrected chi connectivity index (χ4v) is 6.16. The molecule has 0 saturated heterocycles. The Balaban J connectivity index is 1.66. The van der Waals surface area contributed by atoms with Crippen molar-refractivity contribution >= 4 is 39.5 Å². The number of aliphatic imine (C=N–C) groups is 1. The highest BCUT2D eigenvalue weighted by molar-refractivity contribution is 6.22. The summed E-state index contributed by atoms with van der Waals surface area (Å²) >= 11 is 0. The first kappa shape index (κ1) is 24.4. The van der Waals surface area contributed by atoms with Gasteiger partial charge in [0.1, 0.15) is 0 Å². The SMILES string of the molecule is COC(=O)c1ccc(C2=Nc3cc4c(cc3N(C)c3c2ccc2ccccc32)C(C)(C)CCC4(C)C)cc1. The van der Waals surface area contributed by atoms with Crippen LogP contribution in [0.5, 0.6) is 0 Å². The maximum atomic E-state index is 12.1. The molecule has 192 valence electrons. The van der Waals surface area contributed by atoms with E-state index in [9.17, 15) is 4.79 Å². The van der Waals surface area contributed by atoms with Crippen LogP contribution >= 0.6 is 0 Å². The highest BCUT2D eigenvalue weighted by Gasteiger charge is 2.38. The van der Waals surface area contributed by atoms with E-state index in [-0.39, 0.29) is 16.8 Å². The third-order valence-electron chi connectivity index (χ3n) is 8.61. The van der Waals surface area contributed by atoms with Crippen LogP contribution in [0.2, 0.25) is 0 Å². The highest BCUT2D eigenvalue weighted by atomic mass is 16.5. The number of carbonyl (C=O) groups excluding carboxylic acids is 1. The number of fused-ring (bicyclic) bond motifs is 5. The summed E-state index contributed by atoms with van der Waals surface area (Å²) in [6.07, 6.45) is 2.31. The quantitative estimate of drug-likeness (QED) is 0.259. The van der Waals surface area contributed by atoms with E-state index in [2.05, 4.69) is 88.2 Å². The van der Waals surface area contributed by atoms with Crippen LogP contribution in [-0.4, -0.2) is 25.8 Å². The van der Waals surface area contributed by atoms with E-state index in [0.29, 0.717) is 5.56 Å². The van der Waals surface area contributed by atoms with Gasteiger partial charge in [0.05, 0.1) is 35.4 Å². The van der Waals surface area contributed by atoms with Gasteiger partial charge >= 0.3 is 5.97 Å². The molecule has 0 amide bonds. The second-order valence-corrected chi connectivity index (χ2v) is 11.9. The van der Waals surface area contributed by atoms with Crippen LogP contribution in [0.25, 0.3) is 10.8 Å². The number of hydrogen-bond donors (Lipinski definition) is 0. The number of carbonyl (C=O) groups is 1. The molecular weight excluding hydrogens is 468 g/mol. The van der Waals surface area contributed by atoms with Crippen LogP contribution in [0.1, 0.15) is 73.1 Å². The number of esters is 1. The Labute approximate surface area is 225 Å². The Bertz CT molecular complexity index is 1630. The van der Waals surface area contributed by atoms with Crippen LogP contribution < -0.4 is 4.90 Å². The Morgan fingerprint density at radius 3 is 2.21 bits per heavy atom. The third kappa shape index (κ3) is 3.74. The summed E-state index contributed by atoms with van der Waals surface area (Å²) in [5.41, 5.74) is 9.71. The predicted octanol–water partition coefficient (Wildman–Crippen LogP) is 8.23. The van der Waals surface area contributed by atoms with Crippen molar-refractivity contribution in [3.8, 4) is 0 Å². The van der Waals surface area contributed by atoms with Crippen molar-refractivity contribution in [2.75, 3.05) is 19.1 Å². The van der Waals surface area contributed by atoms with Crippen molar-refractivity contribution in [2.45, 2.75) is 51.4 Å². The second kappa shape index (κ2) is 8.56. The van der Waals surface area contributed by atoms with E-state index in [1.165, 1.54) is 29.0 Å². The van der Waals surface area contributed by atoms with Crippen molar-refractivity contribution < 1.29 is 9.53 Å². The van der Waals surface area contributed by atoms with Gasteiger partial charge in [-0.25, -0.2) is 9.79 Å². The van der Waals surface area contributed by atoms with E-state index in [0.717, 1.165) is 46.7 Å². The van der Waals surface area contributed by atoms with Gasteiger partial charge in [0.2, 0.25) is 0 Å². The molecule has 4 aromatic rings. The maximum absolute atomic E-state index is 12.1. The van der Waals surface area contributed by atoms with E-state index >= 15 is 0 Å². The lowest BCUT2D eigenvalue weighted by molar-refractivity contribution is 0.0600. The molecule has 0 fully saturated rings. The number of methoxy groups -OCH3 is 1. The molecule has 0 radical (unpaired) electrons. The molecular formula is C34H34N2O2. The summed E-state index contributed by atoms with van der Waals surface area (Å²) in [7, 11) is 3.57. The van der Waals surface area contributed by atoms with Gasteiger partial charge in [0.25, 0.3) is 0 Å². The van der Waals surface area contributed by atoms with Crippen LogP contribution in [-0.2, 0) is 15.6 Å². The monoisotopic (exact) mass is 502 g/mol. The molecule has 0 N–H and O–H groups in total. The highest BCUT2D eigenvalue weighted by Crippen LogP contribution is 2.51. The normalized spacial score (nSPS) is 17.1. The topological polar surface area (TPSA) is 41.9 Å². The summed E-state index contributed by atoms with van der Waals surface area (Å²) in [5, 5.41) is 2.39. The first-order chi connectivity index (χ1) is 18.1. The minimum absolute atomic E-state index is 0.0855. The van der Waals surface area contributed by atoms with Gasteiger partial charge in [0.15, 0.2) is 0 Å². The Kier molecular flexibility index (Phi) is 5.50. The average Bonchev–Trinajstić information content (AvgIpc) is 3.04. The molecule has 38 heavy (non-hydrogen) atoms. The second-order valence-electron chi connectivity index (χ2n) is 11.9. The first-order valence-electron chi connectivity index (χ1n) is 13.3. The number of benzene rings is 4. The summed E-state index contributed by atoms with van der Waals surface area (Å²) in [5.74, 6) is -0.340. The summed E-state index contributed by atoms with van der Waals surface area (Å²) < 4.78 is 4.92. The minimum Gasteiger partial charge on any atom is -0.465 e. The lowest BCUT2D eigenvalue weighted by atomic mass is 9.63. The minimum atomic E-state index is -0.340. The number of rotatable bonds is 2. The van der Waals surface area contributed by atoms with Gasteiger partial charge in [-0.15, -0.1) is 0 Å². The fourth-order valence-electron chi connectivity index (χ4n) is 6.16. The number of nitrogens with zero attached hydrogens (tertiary/aromatic N) is 2. The molecule has 0 atom stereocenters. The van der Waals surface area contributed by atoms with E-state index in [4.69, 9.17) is 9.73 Å². The number of ether oxygens (including phenoxy) is 1. The molecule has 1 aliphatic heterocycles. The van der Waals surface area contributed by atoms with Gasteiger partial charge in [-0.2, -0.15) is 0 Å². The van der Waals surface area contributed by atoms with Gasteiger partial charge in [-0.1, -0.05) is 76.2 Å². The van der Waals surface area contributed by atoms with E-state index < -0.39 is 0 Å². The lowest BCUT2D eigenvalue weighted by Crippen LogP contribution is -2.34. The molecule has 4 aromatic carbocycles. The van der Waals surface area contributed by atoms with Gasteiger partial charge in [0, 0.05) is 23.6 Å². The average molecular weight is 503 g/mol. The smallest absolute Gasteiger partial charge is 0.337 e. The molecule has 1 aliphatic carbocycles. The molecule has 6 rings (SSSR count). The lowest BCUT2D eigenvalue weighted by Gasteiger charge is -2.42. The predicted molar refractivity (Wildman–Crippen MR) is 157 cm³/mol. The molecule has 0 aromatic heterocycles. The van der Waals surface area contributed by atoms with Crippen LogP contribution in [0, 0.1) is 0 Å². The van der Waals surface area contributed by atoms with Crippen molar-refractivity contribution in [2.24, 2.45) is 4.99 Å². The zero-order valence-electron chi connectivity index (χ0n) is 23.1. The molecule has 0 saturated carbocycles. The molecule has 2 aliphatic rings. The van der Waals surface area contributed by atoms with Crippen molar-refractivity contribution in [3.05, 3.63) is 101 Å². The summed E-state index contributed by atoms with van der Waals surface area (Å²) in [6.45, 7) is 9.44. The molecule has 4 heteroatoms. The number of anilines is 2. The Morgan fingerprint density at radius 1 is 0.868 bits per heavy atom. The standard InChI is InChI=1S/C34H34N2O2/c1-33(2)17-18-34(3,4)27-20-29-28(19-26(27)33)35-30(22-11-13-23(14-12-22)32(37)38-6)25-16-15-21-9-7-8-10-24(21)31(25)36(29)5/h7-16,19-20H,17-18H2,1-6H3. The summed E-state index contributed by atoms with van der Waals surface area (Å²) in [4.78, 5) is 19.8. The largest absolute Gasteiger partial charge is 0.465 e. The Hall–Kier alpha value is -3.92. The van der Waals surface area contributed by atoms with Crippen LogP contribution in [0.3, 0.4) is 0 Å². The van der Waals surface area contributed by atoms with E-state index in [1.54, 1.807) is 0 Å². The molecule has 0 bridgehead atoms. The summed E-state index contributed by atoms with van der Waals surface area (Å²) in [6, 6.07) is 25.2. The first-order valence-corrected chi connectivity index (χ1v) is 13.3. The van der Waals surface area contributed by atoms with E-state index in [1.807, 2.05) is 24.3 Å². The van der Waals surface area contributed by atoms with Gasteiger partial charge in [-0.3, -0.25) is 0 Å². The van der Waals surface area contributed by atoms with Crippen molar-refractivity contribution in [3.63, 3.8) is 0 Å². The van der Waals surface area contributed by atoms with Crippen LogP contribution in [0.4, 0.5) is 17.1 Å². The van der Waals surface area contributed by atoms with Crippen molar-refractivity contribution in [1.29, 1.82) is 0 Å². The zero-order valence-corrected chi connectivity index (χ0v) is 23.1.